The fourth-order valence-electron chi connectivity index (χ4n) is 3.47. The quantitative estimate of drug-likeness (QED) is 0.304. The van der Waals surface area contributed by atoms with E-state index in [9.17, 15) is 20.1 Å². The van der Waals surface area contributed by atoms with Crippen LogP contribution >= 0.6 is 0 Å². The highest BCUT2D eigenvalue weighted by atomic mass is 16.3. The molecule has 0 fully saturated rings. The van der Waals surface area contributed by atoms with Gasteiger partial charge in [-0.2, -0.15) is 0 Å². The number of nitrogens with one attached hydrogen (secondary N) is 1. The minimum atomic E-state index is 0.0208. The molecule has 5 nitrogen and oxygen atoms in total. The zero-order valence-corrected chi connectivity index (χ0v) is 17.5. The van der Waals surface area contributed by atoms with E-state index in [4.69, 9.17) is 0 Å². The summed E-state index contributed by atoms with van der Waals surface area (Å²) in [7, 11) is 0. The van der Waals surface area contributed by atoms with E-state index in [1.807, 2.05) is 43.3 Å². The molecule has 3 rings (SSSR count). The molecule has 0 saturated carbocycles. The molecule has 4 N–H and O–H groups in total. The molecule has 0 spiro atoms. The third kappa shape index (κ3) is 5.89. The summed E-state index contributed by atoms with van der Waals surface area (Å²) in [6.45, 7) is 2.39. The average Bonchev–Trinajstić information content (AvgIpc) is 2.78. The van der Waals surface area contributed by atoms with Crippen LogP contribution in [-0.2, 0) is 4.79 Å². The highest BCUT2D eigenvalue weighted by molar-refractivity contribution is 5.98. The molecule has 0 aliphatic rings. The average molecular weight is 418 g/mol. The monoisotopic (exact) mass is 417 g/mol. The van der Waals surface area contributed by atoms with Crippen molar-refractivity contribution in [2.45, 2.75) is 26.2 Å². The molecule has 31 heavy (non-hydrogen) atoms. The molecule has 3 aromatic carbocycles. The van der Waals surface area contributed by atoms with Gasteiger partial charge in [-0.1, -0.05) is 43.3 Å². The Labute approximate surface area is 182 Å². The first-order chi connectivity index (χ1) is 15.0. The molecule has 0 bridgehead atoms. The summed E-state index contributed by atoms with van der Waals surface area (Å²) in [5, 5.41) is 32.2. The molecule has 0 aliphatic carbocycles. The lowest BCUT2D eigenvalue weighted by Crippen LogP contribution is -2.23. The second-order valence-electron chi connectivity index (χ2n) is 7.30. The summed E-state index contributed by atoms with van der Waals surface area (Å²) in [6.07, 6.45) is 1.88. The molecule has 0 unspecified atom stereocenters. The summed E-state index contributed by atoms with van der Waals surface area (Å²) in [6, 6.07) is 21.1. The van der Waals surface area contributed by atoms with Gasteiger partial charge in [-0.05, 0) is 77.1 Å². The highest BCUT2D eigenvalue weighted by Crippen LogP contribution is 2.36. The lowest BCUT2D eigenvalue weighted by atomic mass is 9.87. The first-order valence-electron chi connectivity index (χ1n) is 10.4. The predicted octanol–water partition coefficient (Wildman–Crippen LogP) is 5.07. The van der Waals surface area contributed by atoms with Gasteiger partial charge in [0.2, 0.25) is 5.91 Å². The van der Waals surface area contributed by atoms with Crippen molar-refractivity contribution in [3.8, 4) is 17.2 Å². The highest BCUT2D eigenvalue weighted by Gasteiger charge is 2.15. The van der Waals surface area contributed by atoms with Gasteiger partial charge in [-0.3, -0.25) is 4.79 Å². The molecule has 0 atom stereocenters. The van der Waals surface area contributed by atoms with E-state index in [-0.39, 0.29) is 23.2 Å². The van der Waals surface area contributed by atoms with Gasteiger partial charge >= 0.3 is 0 Å². The Morgan fingerprint density at radius 1 is 0.710 bits per heavy atom. The second kappa shape index (κ2) is 10.3. The molecule has 160 valence electrons. The summed E-state index contributed by atoms with van der Waals surface area (Å²) >= 11 is 0. The van der Waals surface area contributed by atoms with Crippen molar-refractivity contribution in [2.24, 2.45) is 0 Å². The maximum atomic E-state index is 11.6. The number of allylic oxidation sites excluding steroid dienone is 1. The van der Waals surface area contributed by atoms with E-state index >= 15 is 0 Å². The summed E-state index contributed by atoms with van der Waals surface area (Å²) < 4.78 is 0. The molecule has 0 saturated heterocycles. The van der Waals surface area contributed by atoms with Crippen molar-refractivity contribution >= 4 is 17.1 Å². The van der Waals surface area contributed by atoms with Crippen LogP contribution in [0.3, 0.4) is 0 Å². The van der Waals surface area contributed by atoms with Gasteiger partial charge in [0, 0.05) is 13.0 Å². The number of hydrogen-bond donors (Lipinski definition) is 4. The van der Waals surface area contributed by atoms with Crippen LogP contribution in [0.25, 0.3) is 11.1 Å². The Morgan fingerprint density at radius 2 is 1.13 bits per heavy atom. The second-order valence-corrected chi connectivity index (χ2v) is 7.30. The van der Waals surface area contributed by atoms with Crippen molar-refractivity contribution in [3.05, 3.63) is 89.5 Å². The minimum absolute atomic E-state index is 0.0208. The minimum Gasteiger partial charge on any atom is -0.508 e. The van der Waals surface area contributed by atoms with Gasteiger partial charge in [0.05, 0.1) is 0 Å². The Hall–Kier alpha value is -3.73. The van der Waals surface area contributed by atoms with Crippen LogP contribution in [0, 0.1) is 0 Å². The van der Waals surface area contributed by atoms with Gasteiger partial charge in [-0.15, -0.1) is 0 Å². The maximum Gasteiger partial charge on any atom is 0.219 e. The number of carbonyl (C=O) groups excluding carboxylic acids is 1. The molecule has 1 amide bonds. The summed E-state index contributed by atoms with van der Waals surface area (Å²) in [5.41, 5.74) is 4.80. The number of amides is 1. The largest absolute Gasteiger partial charge is 0.508 e. The van der Waals surface area contributed by atoms with Crippen molar-refractivity contribution in [1.29, 1.82) is 0 Å². The topological polar surface area (TPSA) is 89.8 Å². The first kappa shape index (κ1) is 22.0. The molecule has 3 aromatic rings. The molecule has 0 radical (unpaired) electrons. The van der Waals surface area contributed by atoms with Gasteiger partial charge < -0.3 is 20.6 Å². The number of benzene rings is 3. The number of phenols is 3. The van der Waals surface area contributed by atoms with Gasteiger partial charge in [-0.25, -0.2) is 0 Å². The number of aromatic hydroxyl groups is 3. The van der Waals surface area contributed by atoms with Gasteiger partial charge in [0.1, 0.15) is 17.2 Å². The molecule has 0 aromatic heterocycles. The third-order valence-corrected chi connectivity index (χ3v) is 5.08. The van der Waals surface area contributed by atoms with E-state index in [1.54, 1.807) is 36.4 Å². The predicted molar refractivity (Wildman–Crippen MR) is 123 cm³/mol. The fourth-order valence-corrected chi connectivity index (χ4v) is 3.47. The van der Waals surface area contributed by atoms with Gasteiger partial charge in [0.25, 0.3) is 0 Å². The van der Waals surface area contributed by atoms with Crippen LogP contribution in [0.2, 0.25) is 0 Å². The van der Waals surface area contributed by atoms with Crippen LogP contribution in [0.5, 0.6) is 17.2 Å². The van der Waals surface area contributed by atoms with Crippen LogP contribution in [0.15, 0.2) is 72.8 Å². The van der Waals surface area contributed by atoms with E-state index in [0.29, 0.717) is 19.4 Å². The maximum absolute atomic E-state index is 11.6. The lowest BCUT2D eigenvalue weighted by Gasteiger charge is -2.18. The van der Waals surface area contributed by atoms with Crippen molar-refractivity contribution < 1.29 is 20.1 Å². The molecule has 0 heterocycles. The standard InChI is InChI=1S/C26H27NO4/c1-2-25(31)27-17-3-4-24(18-5-11-21(28)12-6-18)26(19-7-13-22(29)14-8-19)20-9-15-23(30)16-10-20/h5-16,28-30H,2-4,17H2,1H3,(H,27,31). The van der Waals surface area contributed by atoms with E-state index in [1.165, 1.54) is 0 Å². The summed E-state index contributed by atoms with van der Waals surface area (Å²) in [4.78, 5) is 11.6. The van der Waals surface area contributed by atoms with Crippen LogP contribution < -0.4 is 5.32 Å². The van der Waals surface area contributed by atoms with Crippen LogP contribution in [0.4, 0.5) is 0 Å². The van der Waals surface area contributed by atoms with Crippen molar-refractivity contribution in [1.82, 2.24) is 5.32 Å². The lowest BCUT2D eigenvalue weighted by molar-refractivity contribution is -0.120. The van der Waals surface area contributed by atoms with Crippen LogP contribution in [0.1, 0.15) is 42.9 Å². The van der Waals surface area contributed by atoms with E-state index in [0.717, 1.165) is 34.3 Å². The third-order valence-electron chi connectivity index (χ3n) is 5.08. The fraction of sp³-hybridized carbons (Fsp3) is 0.192. The normalized spacial score (nSPS) is 10.5. The van der Waals surface area contributed by atoms with Gasteiger partial charge in [0.15, 0.2) is 0 Å². The number of hydrogen-bond acceptors (Lipinski definition) is 4. The first-order valence-corrected chi connectivity index (χ1v) is 10.4. The molecular weight excluding hydrogens is 390 g/mol. The number of carbonyl (C=O) groups is 1. The zero-order chi connectivity index (χ0) is 22.2. The molecule has 0 aliphatic heterocycles. The van der Waals surface area contributed by atoms with E-state index < -0.39 is 0 Å². The Bertz CT molecular complexity index is 989. The Morgan fingerprint density at radius 3 is 1.55 bits per heavy atom. The van der Waals surface area contributed by atoms with Crippen molar-refractivity contribution in [3.63, 3.8) is 0 Å². The Kier molecular flexibility index (Phi) is 7.33. The van der Waals surface area contributed by atoms with Crippen LogP contribution in [-0.4, -0.2) is 27.8 Å². The smallest absolute Gasteiger partial charge is 0.219 e. The number of phenolic OH excluding ortho intramolecular Hbond substituents is 3. The van der Waals surface area contributed by atoms with E-state index in [2.05, 4.69) is 5.32 Å². The number of rotatable bonds is 8. The molecule has 5 heteroatoms. The summed E-state index contributed by atoms with van der Waals surface area (Å²) in [5.74, 6) is 0.575. The SMILES string of the molecule is CCC(=O)NCCCC(=C(c1ccc(O)cc1)c1ccc(O)cc1)c1ccc(O)cc1. The van der Waals surface area contributed by atoms with Crippen molar-refractivity contribution in [2.75, 3.05) is 6.54 Å². The molecular formula is C26H27NO4. The Balaban J connectivity index is 2.10. The zero-order valence-electron chi connectivity index (χ0n) is 17.5.